The molecule has 0 spiro atoms. The Morgan fingerprint density at radius 1 is 1.15 bits per heavy atom. The molecule has 3 aromatic rings. The molecule has 0 aliphatic carbocycles. The van der Waals surface area contributed by atoms with E-state index in [4.69, 9.17) is 34.7 Å². The second-order valence-corrected chi connectivity index (χ2v) is 13.2. The number of nitriles is 1. The van der Waals surface area contributed by atoms with Gasteiger partial charge in [0.05, 0.1) is 24.3 Å². The monoisotopic (exact) mass is 659 g/mol. The number of benzene rings is 1. The summed E-state index contributed by atoms with van der Waals surface area (Å²) in [5, 5.41) is 29.3. The van der Waals surface area contributed by atoms with Crippen molar-refractivity contribution < 1.29 is 42.5 Å². The third-order valence-electron chi connectivity index (χ3n) is 7.16. The summed E-state index contributed by atoms with van der Waals surface area (Å²) in [6.45, 7) is 8.51. The van der Waals surface area contributed by atoms with Crippen LogP contribution in [0.15, 0.2) is 42.5 Å². The number of hydrogen-bond acceptors (Lipinski definition) is 14. The van der Waals surface area contributed by atoms with Gasteiger partial charge in [-0.2, -0.15) is 15.3 Å². The molecule has 1 aliphatic rings. The molecular weight excluding hydrogens is 621 g/mol. The van der Waals surface area contributed by atoms with Gasteiger partial charge in [-0.3, -0.25) is 14.1 Å². The summed E-state index contributed by atoms with van der Waals surface area (Å²) in [5.74, 6) is -2.13. The molecular formula is C29H38N7O9P. The zero-order valence-electron chi connectivity index (χ0n) is 26.2. The van der Waals surface area contributed by atoms with Crippen LogP contribution in [0, 0.1) is 17.2 Å². The number of anilines is 2. The summed E-state index contributed by atoms with van der Waals surface area (Å²) in [6.07, 6.45) is -3.40. The van der Waals surface area contributed by atoms with E-state index in [-0.39, 0.29) is 28.7 Å². The number of ether oxygens (including phenoxy) is 3. The smallest absolute Gasteiger partial charge is 0.459 e. The van der Waals surface area contributed by atoms with Crippen molar-refractivity contribution in [3.05, 3.63) is 48.2 Å². The van der Waals surface area contributed by atoms with Crippen molar-refractivity contribution >= 4 is 37.0 Å². The van der Waals surface area contributed by atoms with Gasteiger partial charge >= 0.3 is 19.7 Å². The molecule has 46 heavy (non-hydrogen) atoms. The molecule has 1 aromatic carbocycles. The average Bonchev–Trinajstić information content (AvgIpc) is 3.49. The van der Waals surface area contributed by atoms with E-state index in [0.717, 1.165) is 0 Å². The lowest BCUT2D eigenvalue weighted by Crippen LogP contribution is -2.54. The van der Waals surface area contributed by atoms with Crippen LogP contribution in [-0.4, -0.2) is 68.2 Å². The highest BCUT2D eigenvalue weighted by molar-refractivity contribution is 7.52. The predicted octanol–water partition coefficient (Wildman–Crippen LogP) is 2.46. The van der Waals surface area contributed by atoms with E-state index in [1.807, 2.05) is 6.07 Å². The Kier molecular flexibility index (Phi) is 9.95. The fourth-order valence-corrected chi connectivity index (χ4v) is 6.37. The van der Waals surface area contributed by atoms with E-state index in [1.165, 1.54) is 42.6 Å². The topological polar surface area (TPSA) is 236 Å². The van der Waals surface area contributed by atoms with Crippen LogP contribution in [0.1, 0.15) is 47.2 Å². The zero-order chi connectivity index (χ0) is 34.0. The molecule has 6 atom stereocenters. The molecule has 6 N–H and O–H groups in total. The highest BCUT2D eigenvalue weighted by atomic mass is 31.2. The number of hydrogen-bond donors (Lipinski definition) is 4. The van der Waals surface area contributed by atoms with Crippen molar-refractivity contribution in [3.63, 3.8) is 0 Å². The maximum Gasteiger partial charge on any atom is 0.459 e. The summed E-state index contributed by atoms with van der Waals surface area (Å²) >= 11 is 0. The molecule has 4 rings (SSSR count). The minimum absolute atomic E-state index is 0.00216. The van der Waals surface area contributed by atoms with Crippen LogP contribution >= 0.6 is 7.75 Å². The molecule has 16 nitrogen and oxygen atoms in total. The fourth-order valence-electron chi connectivity index (χ4n) is 4.87. The zero-order valence-corrected chi connectivity index (χ0v) is 27.1. The summed E-state index contributed by atoms with van der Waals surface area (Å²) < 4.78 is 44.0. The van der Waals surface area contributed by atoms with Gasteiger partial charge in [0.2, 0.25) is 11.5 Å². The number of aromatic nitrogens is 3. The van der Waals surface area contributed by atoms with Gasteiger partial charge in [-0.1, -0.05) is 32.0 Å². The second-order valence-electron chi connectivity index (χ2n) is 11.5. The fraction of sp³-hybridized carbons (Fsp3) is 0.483. The Morgan fingerprint density at radius 3 is 2.43 bits per heavy atom. The number of esters is 2. The standard InChI is InChI=1S/C29H38N7O9P/c1-16(2)25(37)43-23-21(14-41-46(40,45-19-10-8-7-9-11-19)35-18(5)26(38)42-17(3)4)44-29(15-30,28(23,6)39)22-13-12-20-24(31)33-27(32)34-36(20)22/h7-13,16-18,21,23,39H,14H2,1-6H3,(H,35,40)(H4,31,32,33,34). The molecule has 0 radical (unpaired) electrons. The molecule has 0 bridgehead atoms. The van der Waals surface area contributed by atoms with Crippen LogP contribution in [0.4, 0.5) is 11.8 Å². The van der Waals surface area contributed by atoms with Crippen LogP contribution in [0.5, 0.6) is 5.75 Å². The van der Waals surface area contributed by atoms with E-state index >= 15 is 0 Å². The number of rotatable bonds is 12. The lowest BCUT2D eigenvalue weighted by molar-refractivity contribution is -0.168. The second kappa shape index (κ2) is 13.2. The number of aliphatic hydroxyl groups is 1. The first-order chi connectivity index (χ1) is 21.5. The number of carbonyl (C=O) groups is 2. The van der Waals surface area contributed by atoms with Gasteiger partial charge in [0.15, 0.2) is 11.9 Å². The molecule has 1 fully saturated rings. The number of para-hydroxylation sites is 1. The van der Waals surface area contributed by atoms with Gasteiger partial charge in [0, 0.05) is 0 Å². The third-order valence-corrected chi connectivity index (χ3v) is 8.80. The van der Waals surface area contributed by atoms with Crippen molar-refractivity contribution in [1.29, 1.82) is 5.26 Å². The minimum Gasteiger partial charge on any atom is -0.462 e. The molecule has 0 saturated carbocycles. The maximum atomic E-state index is 14.1. The molecule has 1 saturated heterocycles. The number of nitrogens with one attached hydrogen (secondary N) is 1. The Labute approximate surface area is 265 Å². The largest absolute Gasteiger partial charge is 0.462 e. The first-order valence-corrected chi connectivity index (χ1v) is 16.0. The number of fused-ring (bicyclic) bond motifs is 1. The van der Waals surface area contributed by atoms with Crippen LogP contribution in [0.2, 0.25) is 0 Å². The lowest BCUT2D eigenvalue weighted by Gasteiger charge is -2.34. The first-order valence-electron chi connectivity index (χ1n) is 14.4. The molecule has 17 heteroatoms. The van der Waals surface area contributed by atoms with E-state index in [0.29, 0.717) is 0 Å². The van der Waals surface area contributed by atoms with Crippen molar-refractivity contribution in [2.45, 2.75) is 77.1 Å². The van der Waals surface area contributed by atoms with Gasteiger partial charge < -0.3 is 35.3 Å². The van der Waals surface area contributed by atoms with Gasteiger partial charge in [-0.05, 0) is 52.0 Å². The quantitative estimate of drug-likeness (QED) is 0.161. The van der Waals surface area contributed by atoms with E-state index in [2.05, 4.69) is 15.2 Å². The summed E-state index contributed by atoms with van der Waals surface area (Å²) in [7, 11) is -4.43. The Hall–Kier alpha value is -4.26. The van der Waals surface area contributed by atoms with Crippen LogP contribution in [0.3, 0.4) is 0 Å². The van der Waals surface area contributed by atoms with Gasteiger partial charge in [-0.25, -0.2) is 9.08 Å². The van der Waals surface area contributed by atoms with Gasteiger partial charge in [-0.15, -0.1) is 5.10 Å². The first kappa shape index (κ1) is 34.6. The number of nitrogens with zero attached hydrogens (tertiary/aromatic N) is 4. The van der Waals surface area contributed by atoms with E-state index < -0.39 is 67.8 Å². The summed E-state index contributed by atoms with van der Waals surface area (Å²) in [6, 6.07) is 11.8. The highest BCUT2D eigenvalue weighted by Crippen LogP contribution is 2.51. The van der Waals surface area contributed by atoms with Crippen molar-refractivity contribution in [1.82, 2.24) is 19.7 Å². The summed E-state index contributed by atoms with van der Waals surface area (Å²) in [5.41, 5.74) is 7.58. The van der Waals surface area contributed by atoms with Crippen molar-refractivity contribution in [2.24, 2.45) is 5.92 Å². The SMILES string of the molecule is CC(C)OC(=O)C(C)NP(=O)(OCC1OC(C#N)(c2ccc3c(N)nc(N)nn23)C(C)(O)C1OC(=O)C(C)C)Oc1ccccc1. The molecule has 248 valence electrons. The van der Waals surface area contributed by atoms with E-state index in [9.17, 15) is 24.5 Å². The lowest BCUT2D eigenvalue weighted by atomic mass is 9.80. The molecule has 2 aromatic heterocycles. The number of nitrogen functional groups attached to an aromatic ring is 2. The number of nitrogens with two attached hydrogens (primary N) is 2. The molecule has 3 heterocycles. The minimum atomic E-state index is -4.43. The van der Waals surface area contributed by atoms with Gasteiger partial charge in [0.25, 0.3) is 0 Å². The molecule has 0 amide bonds. The van der Waals surface area contributed by atoms with Crippen LogP contribution in [0.25, 0.3) is 5.52 Å². The van der Waals surface area contributed by atoms with Crippen LogP contribution in [-0.2, 0) is 38.5 Å². The van der Waals surface area contributed by atoms with E-state index in [1.54, 1.807) is 45.9 Å². The van der Waals surface area contributed by atoms with Crippen molar-refractivity contribution in [3.8, 4) is 11.8 Å². The molecule has 6 unspecified atom stereocenters. The Balaban J connectivity index is 1.74. The number of carbonyl (C=O) groups excluding carboxylic acids is 2. The third kappa shape index (κ3) is 6.79. The van der Waals surface area contributed by atoms with Crippen LogP contribution < -0.4 is 21.1 Å². The molecule has 1 aliphatic heterocycles. The Morgan fingerprint density at radius 2 is 1.83 bits per heavy atom. The predicted molar refractivity (Wildman–Crippen MR) is 164 cm³/mol. The van der Waals surface area contributed by atoms with Gasteiger partial charge in [0.1, 0.15) is 35.1 Å². The maximum absolute atomic E-state index is 14.1. The average molecular weight is 660 g/mol. The normalized spacial score (nSPS) is 24.8. The van der Waals surface area contributed by atoms with Crippen molar-refractivity contribution in [2.75, 3.05) is 18.1 Å². The highest BCUT2D eigenvalue weighted by Gasteiger charge is 2.67. The summed E-state index contributed by atoms with van der Waals surface area (Å²) in [4.78, 5) is 29.4. The Bertz CT molecular complexity index is 1670.